The number of imidazole rings is 1. The van der Waals surface area contributed by atoms with E-state index in [0.29, 0.717) is 5.82 Å². The molecule has 4 rings (SSSR count). The second-order valence-corrected chi connectivity index (χ2v) is 5.75. The van der Waals surface area contributed by atoms with Crippen LogP contribution in [-0.4, -0.2) is 29.3 Å². The average Bonchev–Trinajstić information content (AvgIpc) is 3.20. The van der Waals surface area contributed by atoms with Gasteiger partial charge >= 0.3 is 0 Å². The van der Waals surface area contributed by atoms with Gasteiger partial charge in [-0.3, -0.25) is 4.68 Å². The number of halogens is 1. The Morgan fingerprint density at radius 2 is 1.88 bits per heavy atom. The van der Waals surface area contributed by atoms with E-state index < -0.39 is 0 Å². The molecule has 8 heteroatoms. The lowest BCUT2D eigenvalue weighted by Gasteiger charge is -2.20. The first kappa shape index (κ1) is 15.3. The van der Waals surface area contributed by atoms with Crippen molar-refractivity contribution in [1.29, 1.82) is 0 Å². The molecule has 0 saturated heterocycles. The van der Waals surface area contributed by atoms with Crippen LogP contribution < -0.4 is 5.32 Å². The molecule has 0 aliphatic rings. The molecule has 0 bridgehead atoms. The number of rotatable bonds is 4. The van der Waals surface area contributed by atoms with Gasteiger partial charge in [-0.1, -0.05) is 12.1 Å². The maximum absolute atomic E-state index is 13.3. The van der Waals surface area contributed by atoms with E-state index in [9.17, 15) is 4.39 Å². The molecule has 0 aliphatic carbocycles. The molecule has 3 heterocycles. The van der Waals surface area contributed by atoms with Crippen molar-refractivity contribution in [3.05, 3.63) is 66.4 Å². The van der Waals surface area contributed by atoms with Crippen LogP contribution in [-0.2, 0) is 14.1 Å². The highest BCUT2D eigenvalue weighted by Crippen LogP contribution is 2.28. The molecule has 0 aliphatic heterocycles. The van der Waals surface area contributed by atoms with Crippen LogP contribution in [0.1, 0.15) is 17.4 Å². The zero-order valence-corrected chi connectivity index (χ0v) is 13.8. The Hall–Kier alpha value is -3.29. The molecule has 0 spiro atoms. The van der Waals surface area contributed by atoms with Crippen LogP contribution in [0.3, 0.4) is 0 Å². The summed E-state index contributed by atoms with van der Waals surface area (Å²) in [5.74, 6) is 1.16. The van der Waals surface area contributed by atoms with Gasteiger partial charge in [0, 0.05) is 26.5 Å². The highest BCUT2D eigenvalue weighted by Gasteiger charge is 2.20. The van der Waals surface area contributed by atoms with Crippen LogP contribution >= 0.6 is 0 Å². The fourth-order valence-corrected chi connectivity index (χ4v) is 2.82. The van der Waals surface area contributed by atoms with Crippen molar-refractivity contribution in [3.8, 4) is 0 Å². The zero-order valence-electron chi connectivity index (χ0n) is 13.8. The monoisotopic (exact) mass is 337 g/mol. The van der Waals surface area contributed by atoms with Gasteiger partial charge in [0.25, 0.3) is 0 Å². The molecular formula is C17H16FN7. The summed E-state index contributed by atoms with van der Waals surface area (Å²) in [7, 11) is 3.75. The first-order valence-electron chi connectivity index (χ1n) is 7.75. The second-order valence-electron chi connectivity index (χ2n) is 5.75. The van der Waals surface area contributed by atoms with Crippen molar-refractivity contribution < 1.29 is 4.39 Å². The van der Waals surface area contributed by atoms with Gasteiger partial charge in [0.15, 0.2) is 5.65 Å². The Balaban J connectivity index is 1.81. The predicted octanol–water partition coefficient (Wildman–Crippen LogP) is 2.44. The van der Waals surface area contributed by atoms with E-state index in [1.54, 1.807) is 29.2 Å². The molecule has 0 fully saturated rings. The van der Waals surface area contributed by atoms with Crippen molar-refractivity contribution in [1.82, 2.24) is 29.3 Å². The van der Waals surface area contributed by atoms with Gasteiger partial charge in [-0.15, -0.1) is 0 Å². The number of anilines is 1. The highest BCUT2D eigenvalue weighted by atomic mass is 19.1. The third-order valence-electron chi connectivity index (χ3n) is 4.13. The second kappa shape index (κ2) is 5.97. The lowest BCUT2D eigenvalue weighted by atomic mass is 10.1. The summed E-state index contributed by atoms with van der Waals surface area (Å²) in [6, 6.07) is 6.06. The van der Waals surface area contributed by atoms with Gasteiger partial charge in [0.2, 0.25) is 0 Å². The quantitative estimate of drug-likeness (QED) is 0.619. The van der Waals surface area contributed by atoms with Crippen LogP contribution in [0.25, 0.3) is 11.0 Å². The minimum absolute atomic E-state index is 0.279. The van der Waals surface area contributed by atoms with Gasteiger partial charge in [-0.05, 0) is 17.7 Å². The van der Waals surface area contributed by atoms with Crippen molar-refractivity contribution in [3.63, 3.8) is 0 Å². The third kappa shape index (κ3) is 2.71. The summed E-state index contributed by atoms with van der Waals surface area (Å²) in [5.41, 5.74) is 1.61. The highest BCUT2D eigenvalue weighted by molar-refractivity contribution is 5.86. The van der Waals surface area contributed by atoms with Crippen molar-refractivity contribution in [2.45, 2.75) is 6.04 Å². The summed E-state index contributed by atoms with van der Waals surface area (Å²) < 4.78 is 16.9. The Kier molecular flexibility index (Phi) is 3.64. The van der Waals surface area contributed by atoms with Crippen molar-refractivity contribution in [2.24, 2.45) is 14.1 Å². The molecule has 1 atom stereocenters. The van der Waals surface area contributed by atoms with E-state index in [1.165, 1.54) is 18.5 Å². The number of aromatic nitrogens is 6. The van der Waals surface area contributed by atoms with Crippen molar-refractivity contribution >= 4 is 16.9 Å². The number of benzene rings is 1. The molecule has 0 amide bonds. The Labute approximate surface area is 143 Å². The summed E-state index contributed by atoms with van der Waals surface area (Å²) >= 11 is 0. The molecule has 1 unspecified atom stereocenters. The van der Waals surface area contributed by atoms with Gasteiger partial charge in [0.1, 0.15) is 29.8 Å². The molecule has 25 heavy (non-hydrogen) atoms. The number of hydrogen-bond donors (Lipinski definition) is 1. The third-order valence-corrected chi connectivity index (χ3v) is 4.13. The molecule has 126 valence electrons. The topological polar surface area (TPSA) is 73.5 Å². The lowest BCUT2D eigenvalue weighted by Crippen LogP contribution is -2.17. The van der Waals surface area contributed by atoms with E-state index in [0.717, 1.165) is 22.4 Å². The van der Waals surface area contributed by atoms with Gasteiger partial charge < -0.3 is 9.88 Å². The molecular weight excluding hydrogens is 321 g/mol. The Bertz CT molecular complexity index is 1020. The van der Waals surface area contributed by atoms with Crippen LogP contribution in [0.4, 0.5) is 10.2 Å². The molecule has 7 nitrogen and oxygen atoms in total. The van der Waals surface area contributed by atoms with Crippen LogP contribution in [0, 0.1) is 5.82 Å². The molecule has 0 radical (unpaired) electrons. The number of nitrogens with one attached hydrogen (secondary N) is 1. The minimum atomic E-state index is -0.293. The van der Waals surface area contributed by atoms with E-state index in [1.807, 2.05) is 24.9 Å². The summed E-state index contributed by atoms with van der Waals surface area (Å²) in [6.45, 7) is 0. The first-order valence-corrected chi connectivity index (χ1v) is 7.75. The van der Waals surface area contributed by atoms with Crippen molar-refractivity contribution in [2.75, 3.05) is 5.32 Å². The van der Waals surface area contributed by atoms with Crippen LogP contribution in [0.5, 0.6) is 0 Å². The Morgan fingerprint density at radius 1 is 1.08 bits per heavy atom. The summed E-state index contributed by atoms with van der Waals surface area (Å²) in [5, 5.41) is 8.45. The van der Waals surface area contributed by atoms with Gasteiger partial charge in [-0.2, -0.15) is 5.10 Å². The smallest absolute Gasteiger partial charge is 0.163 e. The van der Waals surface area contributed by atoms with E-state index in [-0.39, 0.29) is 11.9 Å². The predicted molar refractivity (Wildman–Crippen MR) is 91.4 cm³/mol. The number of hydrogen-bond acceptors (Lipinski definition) is 5. The summed E-state index contributed by atoms with van der Waals surface area (Å²) in [6.07, 6.45) is 6.81. The average molecular weight is 337 g/mol. The van der Waals surface area contributed by atoms with Crippen LogP contribution in [0.15, 0.2) is 49.2 Å². The van der Waals surface area contributed by atoms with E-state index in [2.05, 4.69) is 25.4 Å². The number of fused-ring (bicyclic) bond motifs is 1. The molecule has 1 N–H and O–H groups in total. The molecule has 3 aromatic heterocycles. The molecule has 0 saturated carbocycles. The SMILES string of the molecule is Cn1ccnc1C(Nc1ncnc2c1cnn2C)c1ccc(F)cc1. The normalized spacial score (nSPS) is 12.4. The fourth-order valence-electron chi connectivity index (χ4n) is 2.82. The first-order chi connectivity index (χ1) is 12.1. The zero-order chi connectivity index (χ0) is 17.4. The standard InChI is InChI=1S/C17H16FN7/c1-24-8-7-19-17(24)14(11-3-5-12(18)6-4-11)23-15-13-9-22-25(2)16(13)21-10-20-15/h3-10,14H,1-2H3,(H,20,21,23). The lowest BCUT2D eigenvalue weighted by molar-refractivity contribution is 0.626. The summed E-state index contributed by atoms with van der Waals surface area (Å²) in [4.78, 5) is 13.0. The van der Waals surface area contributed by atoms with E-state index >= 15 is 0 Å². The fraction of sp³-hybridized carbons (Fsp3) is 0.176. The minimum Gasteiger partial charge on any atom is -0.356 e. The Morgan fingerprint density at radius 3 is 2.60 bits per heavy atom. The number of aryl methyl sites for hydroxylation is 2. The maximum Gasteiger partial charge on any atom is 0.163 e. The molecule has 1 aromatic carbocycles. The van der Waals surface area contributed by atoms with Gasteiger partial charge in [0.05, 0.1) is 11.6 Å². The van der Waals surface area contributed by atoms with E-state index in [4.69, 9.17) is 0 Å². The largest absolute Gasteiger partial charge is 0.356 e. The molecule has 4 aromatic rings. The van der Waals surface area contributed by atoms with Crippen LogP contribution in [0.2, 0.25) is 0 Å². The number of nitrogens with zero attached hydrogens (tertiary/aromatic N) is 6. The van der Waals surface area contributed by atoms with Gasteiger partial charge in [-0.25, -0.2) is 19.3 Å². The maximum atomic E-state index is 13.3.